The van der Waals surface area contributed by atoms with E-state index in [1.54, 1.807) is 0 Å². The molecule has 0 aliphatic heterocycles. The highest BCUT2D eigenvalue weighted by atomic mass is 35.5. The lowest BCUT2D eigenvalue weighted by Crippen LogP contribution is -1.98. The second kappa shape index (κ2) is 5.98. The molecule has 0 radical (unpaired) electrons. The van der Waals surface area contributed by atoms with Crippen molar-refractivity contribution in [2.24, 2.45) is 4.99 Å². The van der Waals surface area contributed by atoms with Gasteiger partial charge in [-0.15, -0.1) is 11.6 Å². The molecule has 2 heteroatoms. The third-order valence-electron chi connectivity index (χ3n) is 2.43. The van der Waals surface area contributed by atoms with Gasteiger partial charge < -0.3 is 0 Å². The van der Waals surface area contributed by atoms with E-state index >= 15 is 0 Å². The molecule has 0 saturated carbocycles. The summed E-state index contributed by atoms with van der Waals surface area (Å²) < 4.78 is 0. The molecule has 0 heterocycles. The Kier molecular flexibility index (Phi) is 5.72. The Balaban J connectivity index is 4.92. The average Bonchev–Trinajstić information content (AvgIpc) is 2.14. The van der Waals surface area contributed by atoms with E-state index in [-0.39, 0.29) is 0 Å². The monoisotopic (exact) mass is 199 g/mol. The largest absolute Gasteiger partial charge is 0.274 e. The molecule has 0 spiro atoms. The molecule has 0 aromatic rings. The number of rotatable bonds is 3. The second-order valence-corrected chi connectivity index (χ2v) is 3.32. The molecule has 0 aliphatic carbocycles. The Hall–Kier alpha value is -0.560. The zero-order valence-corrected chi connectivity index (χ0v) is 9.87. The van der Waals surface area contributed by atoms with E-state index in [0.717, 1.165) is 5.71 Å². The van der Waals surface area contributed by atoms with Crippen LogP contribution in [0.5, 0.6) is 0 Å². The SMILES string of the molecule is C/C=C(C)\C(C)=C(/C)C(C)=NCCl. The van der Waals surface area contributed by atoms with Gasteiger partial charge in [0.2, 0.25) is 0 Å². The molecule has 0 bridgehead atoms. The molecule has 0 N–H and O–H groups in total. The summed E-state index contributed by atoms with van der Waals surface area (Å²) in [6.45, 7) is 10.3. The number of nitrogens with zero attached hydrogens (tertiary/aromatic N) is 1. The molecule has 0 atom stereocenters. The fraction of sp³-hybridized carbons (Fsp3) is 0.545. The maximum absolute atomic E-state index is 5.53. The van der Waals surface area contributed by atoms with Crippen LogP contribution in [-0.4, -0.2) is 11.7 Å². The summed E-state index contributed by atoms with van der Waals surface area (Å²) in [5.41, 5.74) is 4.82. The Labute approximate surface area is 86.2 Å². The van der Waals surface area contributed by atoms with Gasteiger partial charge in [0.1, 0.15) is 6.00 Å². The van der Waals surface area contributed by atoms with E-state index in [0.29, 0.717) is 6.00 Å². The van der Waals surface area contributed by atoms with Gasteiger partial charge in [0.15, 0.2) is 0 Å². The first-order chi connectivity index (χ1) is 6.04. The summed E-state index contributed by atoms with van der Waals surface area (Å²) in [7, 11) is 0. The summed E-state index contributed by atoms with van der Waals surface area (Å²) in [4.78, 5) is 4.16. The van der Waals surface area contributed by atoms with Crippen molar-refractivity contribution in [2.75, 3.05) is 6.00 Å². The van der Waals surface area contributed by atoms with Crippen molar-refractivity contribution in [3.05, 3.63) is 22.8 Å². The van der Waals surface area contributed by atoms with Crippen LogP contribution in [-0.2, 0) is 0 Å². The Morgan fingerprint density at radius 1 is 1.15 bits per heavy atom. The van der Waals surface area contributed by atoms with Crippen LogP contribution >= 0.6 is 11.6 Å². The predicted octanol–water partition coefficient (Wildman–Crippen LogP) is 3.95. The van der Waals surface area contributed by atoms with Crippen molar-refractivity contribution in [1.82, 2.24) is 0 Å². The fourth-order valence-electron chi connectivity index (χ4n) is 0.992. The molecule has 0 aromatic carbocycles. The van der Waals surface area contributed by atoms with E-state index < -0.39 is 0 Å². The summed E-state index contributed by atoms with van der Waals surface area (Å²) in [5.74, 6) is 0. The van der Waals surface area contributed by atoms with Crippen molar-refractivity contribution in [3.63, 3.8) is 0 Å². The number of allylic oxidation sites excluding steroid dienone is 4. The first-order valence-electron chi connectivity index (χ1n) is 4.42. The normalized spacial score (nSPS) is 15.8. The molecule has 0 rings (SSSR count). The topological polar surface area (TPSA) is 12.4 Å². The molecule has 0 aliphatic rings. The van der Waals surface area contributed by atoms with Crippen molar-refractivity contribution in [1.29, 1.82) is 0 Å². The summed E-state index contributed by atoms with van der Waals surface area (Å²) in [6.07, 6.45) is 2.10. The van der Waals surface area contributed by atoms with E-state index in [2.05, 4.69) is 31.8 Å². The van der Waals surface area contributed by atoms with Crippen molar-refractivity contribution in [2.45, 2.75) is 34.6 Å². The molecule has 0 aromatic heterocycles. The molecular weight excluding hydrogens is 182 g/mol. The summed E-state index contributed by atoms with van der Waals surface area (Å²) >= 11 is 5.53. The molecule has 0 saturated heterocycles. The minimum atomic E-state index is 0.339. The zero-order valence-electron chi connectivity index (χ0n) is 9.11. The fourth-order valence-corrected chi connectivity index (χ4v) is 1.17. The van der Waals surface area contributed by atoms with Gasteiger partial charge in [-0.25, -0.2) is 0 Å². The predicted molar refractivity (Wildman–Crippen MR) is 61.6 cm³/mol. The highest BCUT2D eigenvalue weighted by Gasteiger charge is 2.01. The van der Waals surface area contributed by atoms with E-state index in [4.69, 9.17) is 11.6 Å². The van der Waals surface area contributed by atoms with Crippen LogP contribution in [0.25, 0.3) is 0 Å². The standard InChI is InChI=1S/C11H18ClN/c1-6-8(2)9(3)10(4)11(5)13-7-12/h6H,7H2,1-5H3/b8-6-,10-9+,13-11?. The molecule has 74 valence electrons. The molecule has 13 heavy (non-hydrogen) atoms. The van der Waals surface area contributed by atoms with Gasteiger partial charge in [0.25, 0.3) is 0 Å². The van der Waals surface area contributed by atoms with Gasteiger partial charge in [0.05, 0.1) is 0 Å². The summed E-state index contributed by atoms with van der Waals surface area (Å²) in [5, 5.41) is 0. The average molecular weight is 200 g/mol. The number of hydrogen-bond donors (Lipinski definition) is 0. The highest BCUT2D eigenvalue weighted by Crippen LogP contribution is 2.14. The smallest absolute Gasteiger partial charge is 0.113 e. The molecular formula is C11H18ClN. The minimum Gasteiger partial charge on any atom is -0.274 e. The molecule has 0 fully saturated rings. The van der Waals surface area contributed by atoms with E-state index in [1.807, 2.05) is 13.8 Å². The lowest BCUT2D eigenvalue weighted by atomic mass is 10.0. The van der Waals surface area contributed by atoms with Crippen LogP contribution in [0.4, 0.5) is 0 Å². The molecule has 1 nitrogen and oxygen atoms in total. The van der Waals surface area contributed by atoms with Gasteiger partial charge in [-0.1, -0.05) is 11.6 Å². The van der Waals surface area contributed by atoms with Gasteiger partial charge in [-0.3, -0.25) is 4.99 Å². The Morgan fingerprint density at radius 3 is 2.08 bits per heavy atom. The quantitative estimate of drug-likeness (QED) is 0.283. The van der Waals surface area contributed by atoms with Crippen LogP contribution in [0.1, 0.15) is 34.6 Å². The zero-order chi connectivity index (χ0) is 10.4. The van der Waals surface area contributed by atoms with Crippen LogP contribution < -0.4 is 0 Å². The highest BCUT2D eigenvalue weighted by molar-refractivity contribution is 6.18. The maximum atomic E-state index is 5.53. The van der Waals surface area contributed by atoms with Crippen molar-refractivity contribution >= 4 is 17.3 Å². The Morgan fingerprint density at radius 2 is 1.69 bits per heavy atom. The first-order valence-corrected chi connectivity index (χ1v) is 4.96. The van der Waals surface area contributed by atoms with E-state index in [9.17, 15) is 0 Å². The number of alkyl halides is 1. The van der Waals surface area contributed by atoms with Gasteiger partial charge >= 0.3 is 0 Å². The third kappa shape index (κ3) is 3.77. The first kappa shape index (κ1) is 12.4. The van der Waals surface area contributed by atoms with Gasteiger partial charge in [0, 0.05) is 5.71 Å². The molecule has 0 amide bonds. The van der Waals surface area contributed by atoms with E-state index in [1.165, 1.54) is 16.7 Å². The molecule has 0 unspecified atom stereocenters. The van der Waals surface area contributed by atoms with Crippen molar-refractivity contribution < 1.29 is 0 Å². The third-order valence-corrected chi connectivity index (χ3v) is 2.55. The van der Waals surface area contributed by atoms with Crippen LogP contribution in [0.15, 0.2) is 27.8 Å². The number of hydrogen-bond acceptors (Lipinski definition) is 1. The number of aliphatic imine (C=N–C) groups is 1. The Bertz CT molecular complexity index is 259. The van der Waals surface area contributed by atoms with Gasteiger partial charge in [-0.2, -0.15) is 0 Å². The second-order valence-electron chi connectivity index (χ2n) is 3.08. The lowest BCUT2D eigenvalue weighted by molar-refractivity contribution is 1.25. The van der Waals surface area contributed by atoms with Crippen LogP contribution in [0, 0.1) is 0 Å². The lowest BCUT2D eigenvalue weighted by Gasteiger charge is -2.07. The minimum absolute atomic E-state index is 0.339. The maximum Gasteiger partial charge on any atom is 0.113 e. The van der Waals surface area contributed by atoms with Crippen LogP contribution in [0.3, 0.4) is 0 Å². The van der Waals surface area contributed by atoms with Crippen molar-refractivity contribution in [3.8, 4) is 0 Å². The number of halogens is 1. The van der Waals surface area contributed by atoms with Gasteiger partial charge in [-0.05, 0) is 45.8 Å². The summed E-state index contributed by atoms with van der Waals surface area (Å²) in [6, 6.07) is 0.339. The van der Waals surface area contributed by atoms with Crippen LogP contribution in [0.2, 0.25) is 0 Å².